The number of benzene rings is 2. The molecule has 106 valence electrons. The van der Waals surface area contributed by atoms with Crippen molar-refractivity contribution < 1.29 is 9.53 Å². The zero-order chi connectivity index (χ0) is 15.0. The van der Waals surface area contributed by atoms with Crippen molar-refractivity contribution in [3.8, 4) is 0 Å². The van der Waals surface area contributed by atoms with Crippen molar-refractivity contribution >= 4 is 24.8 Å². The van der Waals surface area contributed by atoms with Crippen LogP contribution in [0.3, 0.4) is 0 Å². The SMILES string of the molecule is COC(=O)C1=C(c2ccccc2)c2ccccc2[Si]1(C)C. The lowest BCUT2D eigenvalue weighted by Crippen LogP contribution is -2.44. The van der Waals surface area contributed by atoms with Gasteiger partial charge in [0.1, 0.15) is 8.07 Å². The summed E-state index contributed by atoms with van der Waals surface area (Å²) in [4.78, 5) is 12.4. The molecule has 0 saturated carbocycles. The Bertz CT molecular complexity index is 730. The van der Waals surface area contributed by atoms with Crippen molar-refractivity contribution in [1.29, 1.82) is 0 Å². The zero-order valence-electron chi connectivity index (χ0n) is 12.5. The van der Waals surface area contributed by atoms with E-state index in [1.54, 1.807) is 0 Å². The lowest BCUT2D eigenvalue weighted by molar-refractivity contribution is -0.135. The minimum absolute atomic E-state index is 0.193. The molecule has 3 heteroatoms. The van der Waals surface area contributed by atoms with Crippen LogP contribution in [0.2, 0.25) is 13.1 Å². The van der Waals surface area contributed by atoms with Crippen LogP contribution in [0.5, 0.6) is 0 Å². The molecule has 0 aliphatic carbocycles. The summed E-state index contributed by atoms with van der Waals surface area (Å²) in [5.41, 5.74) is 3.32. The van der Waals surface area contributed by atoms with E-state index in [0.717, 1.165) is 16.3 Å². The van der Waals surface area contributed by atoms with Crippen molar-refractivity contribution in [2.75, 3.05) is 7.11 Å². The van der Waals surface area contributed by atoms with E-state index in [0.29, 0.717) is 0 Å². The largest absolute Gasteiger partial charge is 0.466 e. The summed E-state index contributed by atoms with van der Waals surface area (Å²) in [5, 5.41) is 2.18. The first kappa shape index (κ1) is 13.8. The normalized spacial score (nSPS) is 15.8. The number of esters is 1. The van der Waals surface area contributed by atoms with Crippen molar-refractivity contribution in [3.05, 3.63) is 70.9 Å². The van der Waals surface area contributed by atoms with E-state index in [9.17, 15) is 4.79 Å². The third-order valence-electron chi connectivity index (χ3n) is 4.20. The minimum atomic E-state index is -2.02. The second-order valence-electron chi connectivity index (χ2n) is 5.78. The molecule has 0 N–H and O–H groups in total. The highest BCUT2D eigenvalue weighted by Crippen LogP contribution is 2.38. The van der Waals surface area contributed by atoms with Gasteiger partial charge < -0.3 is 4.74 Å². The van der Waals surface area contributed by atoms with Gasteiger partial charge in [-0.1, -0.05) is 67.7 Å². The molecular formula is C18H18O2Si. The number of ether oxygens (including phenoxy) is 1. The van der Waals surface area contributed by atoms with E-state index in [2.05, 4.69) is 43.4 Å². The van der Waals surface area contributed by atoms with Crippen molar-refractivity contribution in [1.82, 2.24) is 0 Å². The van der Waals surface area contributed by atoms with Crippen molar-refractivity contribution in [2.45, 2.75) is 13.1 Å². The first-order valence-electron chi connectivity index (χ1n) is 7.05. The van der Waals surface area contributed by atoms with Gasteiger partial charge in [-0.05, 0) is 21.9 Å². The third kappa shape index (κ3) is 2.05. The van der Waals surface area contributed by atoms with Gasteiger partial charge in [0.05, 0.1) is 7.11 Å². The summed E-state index contributed by atoms with van der Waals surface area (Å²) in [6.45, 7) is 4.43. The molecule has 2 aromatic rings. The molecule has 0 spiro atoms. The monoisotopic (exact) mass is 294 g/mol. The highest BCUT2D eigenvalue weighted by Gasteiger charge is 2.43. The number of hydrogen-bond acceptors (Lipinski definition) is 2. The number of carbonyl (C=O) groups is 1. The van der Waals surface area contributed by atoms with Gasteiger partial charge in [-0.15, -0.1) is 0 Å². The third-order valence-corrected chi connectivity index (χ3v) is 7.68. The maximum absolute atomic E-state index is 12.4. The fourth-order valence-electron chi connectivity index (χ4n) is 3.19. The molecule has 0 saturated heterocycles. The van der Waals surface area contributed by atoms with E-state index in [1.165, 1.54) is 17.9 Å². The molecule has 0 bridgehead atoms. The Kier molecular flexibility index (Phi) is 3.30. The molecule has 1 heterocycles. The van der Waals surface area contributed by atoms with Crippen molar-refractivity contribution in [3.63, 3.8) is 0 Å². The zero-order valence-corrected chi connectivity index (χ0v) is 13.5. The van der Waals surface area contributed by atoms with Crippen LogP contribution in [-0.2, 0) is 9.53 Å². The van der Waals surface area contributed by atoms with Crippen LogP contribution >= 0.6 is 0 Å². The second-order valence-corrected chi connectivity index (χ2v) is 10.1. The Morgan fingerprint density at radius 2 is 1.57 bits per heavy atom. The summed E-state index contributed by atoms with van der Waals surface area (Å²) >= 11 is 0. The first-order valence-corrected chi connectivity index (χ1v) is 10.1. The highest BCUT2D eigenvalue weighted by molar-refractivity contribution is 7.01. The summed E-state index contributed by atoms with van der Waals surface area (Å²) in [5.74, 6) is -0.193. The summed E-state index contributed by atoms with van der Waals surface area (Å²) < 4.78 is 5.09. The molecule has 0 amide bonds. The predicted octanol–water partition coefficient (Wildman–Crippen LogP) is 3.13. The number of carbonyl (C=O) groups excluding carboxylic acids is 1. The van der Waals surface area contributed by atoms with Gasteiger partial charge in [0.2, 0.25) is 0 Å². The molecule has 0 radical (unpaired) electrons. The average molecular weight is 294 g/mol. The standard InChI is InChI=1S/C18H18O2Si/c1-20-18(19)17-16(13-9-5-4-6-10-13)14-11-7-8-12-15(14)21(17,2)3/h4-12H,1-3H3. The smallest absolute Gasteiger partial charge is 0.330 e. The van der Waals surface area contributed by atoms with E-state index in [-0.39, 0.29) is 5.97 Å². The van der Waals surface area contributed by atoms with Gasteiger partial charge in [0.15, 0.2) is 0 Å². The molecule has 21 heavy (non-hydrogen) atoms. The van der Waals surface area contributed by atoms with Crippen LogP contribution in [0.15, 0.2) is 59.8 Å². The molecule has 0 fully saturated rings. The van der Waals surface area contributed by atoms with Gasteiger partial charge in [0, 0.05) is 5.20 Å². The van der Waals surface area contributed by atoms with E-state index < -0.39 is 8.07 Å². The Morgan fingerprint density at radius 3 is 2.24 bits per heavy atom. The predicted molar refractivity (Wildman–Crippen MR) is 88.0 cm³/mol. The Hall–Kier alpha value is -2.13. The van der Waals surface area contributed by atoms with Gasteiger partial charge in [-0.25, -0.2) is 4.79 Å². The lowest BCUT2D eigenvalue weighted by Gasteiger charge is -2.20. The fourth-order valence-corrected chi connectivity index (χ4v) is 6.37. The highest BCUT2D eigenvalue weighted by atomic mass is 28.3. The van der Waals surface area contributed by atoms with Crippen molar-refractivity contribution in [2.24, 2.45) is 0 Å². The molecule has 1 aliphatic heterocycles. The number of fused-ring (bicyclic) bond motifs is 1. The molecule has 1 aliphatic rings. The molecule has 0 aromatic heterocycles. The molecule has 2 aromatic carbocycles. The van der Waals surface area contributed by atoms with E-state index in [1.807, 2.05) is 24.3 Å². The van der Waals surface area contributed by atoms with Crippen LogP contribution in [0.4, 0.5) is 0 Å². The second kappa shape index (κ2) is 5.01. The van der Waals surface area contributed by atoms with E-state index >= 15 is 0 Å². The van der Waals surface area contributed by atoms with Crippen LogP contribution in [-0.4, -0.2) is 21.2 Å². The van der Waals surface area contributed by atoms with Gasteiger partial charge in [-0.3, -0.25) is 0 Å². The topological polar surface area (TPSA) is 26.3 Å². The molecule has 3 rings (SSSR count). The minimum Gasteiger partial charge on any atom is -0.466 e. The molecule has 2 nitrogen and oxygen atoms in total. The van der Waals surface area contributed by atoms with Crippen LogP contribution in [0, 0.1) is 0 Å². The quantitative estimate of drug-likeness (QED) is 0.628. The maximum Gasteiger partial charge on any atom is 0.330 e. The van der Waals surface area contributed by atoms with Crippen LogP contribution in [0.1, 0.15) is 11.1 Å². The Balaban J connectivity index is 2.35. The molecular weight excluding hydrogens is 276 g/mol. The summed E-state index contributed by atoms with van der Waals surface area (Å²) in [6.07, 6.45) is 0. The summed E-state index contributed by atoms with van der Waals surface area (Å²) in [6, 6.07) is 18.5. The van der Waals surface area contributed by atoms with Crippen LogP contribution in [0.25, 0.3) is 5.57 Å². The van der Waals surface area contributed by atoms with Gasteiger partial charge in [-0.2, -0.15) is 0 Å². The molecule has 0 unspecified atom stereocenters. The van der Waals surface area contributed by atoms with Gasteiger partial charge >= 0.3 is 5.97 Å². The Morgan fingerprint density at radius 1 is 0.952 bits per heavy atom. The Labute approximate surface area is 126 Å². The average Bonchev–Trinajstić information content (AvgIpc) is 2.76. The number of hydrogen-bond donors (Lipinski definition) is 0. The first-order chi connectivity index (χ1) is 10.1. The number of rotatable bonds is 2. The summed E-state index contributed by atoms with van der Waals surface area (Å²) in [7, 11) is -0.551. The van der Waals surface area contributed by atoms with Gasteiger partial charge in [0.25, 0.3) is 0 Å². The maximum atomic E-state index is 12.4. The molecule has 0 atom stereocenters. The van der Waals surface area contributed by atoms with E-state index in [4.69, 9.17) is 4.74 Å². The fraction of sp³-hybridized carbons (Fsp3) is 0.167. The van der Waals surface area contributed by atoms with Crippen LogP contribution < -0.4 is 5.19 Å². The number of methoxy groups -OCH3 is 1. The lowest BCUT2D eigenvalue weighted by atomic mass is 9.98.